The van der Waals surface area contributed by atoms with Crippen molar-refractivity contribution >= 4 is 17.4 Å². The van der Waals surface area contributed by atoms with Crippen molar-refractivity contribution in [3.63, 3.8) is 0 Å². The number of nitrogens with zero attached hydrogens (tertiary/aromatic N) is 5. The fourth-order valence-electron chi connectivity index (χ4n) is 4.13. The van der Waals surface area contributed by atoms with Crippen LogP contribution in [0.4, 0.5) is 20.3 Å². The zero-order valence-corrected chi connectivity index (χ0v) is 18.0. The number of amides is 1. The van der Waals surface area contributed by atoms with Crippen LogP contribution < -0.4 is 5.32 Å². The highest BCUT2D eigenvalue weighted by molar-refractivity contribution is 6.04. The summed E-state index contributed by atoms with van der Waals surface area (Å²) in [5, 5.41) is 22.5. The lowest BCUT2D eigenvalue weighted by molar-refractivity contribution is -0.384. The normalized spacial score (nSPS) is 12.6. The van der Waals surface area contributed by atoms with Crippen molar-refractivity contribution in [3.05, 3.63) is 92.9 Å². The van der Waals surface area contributed by atoms with Crippen LogP contribution in [0, 0.1) is 28.7 Å². The first-order valence-electron chi connectivity index (χ1n) is 10.5. The van der Waals surface area contributed by atoms with Gasteiger partial charge in [-0.05, 0) is 50.5 Å². The summed E-state index contributed by atoms with van der Waals surface area (Å²) >= 11 is 0. The molecule has 2 aromatic carbocycles. The Balaban J connectivity index is 1.48. The minimum atomic E-state index is -0.992. The van der Waals surface area contributed by atoms with Gasteiger partial charge in [-0.1, -0.05) is 0 Å². The maximum absolute atomic E-state index is 13.8. The van der Waals surface area contributed by atoms with Gasteiger partial charge in [-0.3, -0.25) is 14.9 Å². The van der Waals surface area contributed by atoms with E-state index in [1.165, 1.54) is 39.7 Å². The number of non-ortho nitro benzene ring substituents is 1. The largest absolute Gasteiger partial charge is 0.305 e. The molecule has 1 aliphatic carbocycles. The molecule has 5 rings (SSSR count). The number of aryl methyl sites for hydroxylation is 1. The van der Waals surface area contributed by atoms with E-state index in [9.17, 15) is 23.7 Å². The Morgan fingerprint density at radius 2 is 1.74 bits per heavy atom. The van der Waals surface area contributed by atoms with Crippen LogP contribution in [0.25, 0.3) is 11.4 Å². The van der Waals surface area contributed by atoms with Crippen LogP contribution in [0.1, 0.15) is 33.9 Å². The molecule has 11 heteroatoms. The van der Waals surface area contributed by atoms with Gasteiger partial charge in [0.25, 0.3) is 11.6 Å². The number of anilines is 1. The maximum Gasteiger partial charge on any atom is 0.277 e. The first-order valence-corrected chi connectivity index (χ1v) is 10.5. The molecule has 9 nitrogen and oxygen atoms in total. The molecule has 4 aromatic rings. The molecule has 2 aromatic heterocycles. The summed E-state index contributed by atoms with van der Waals surface area (Å²) in [6.07, 6.45) is 2.12. The van der Waals surface area contributed by atoms with Crippen molar-refractivity contribution in [1.82, 2.24) is 19.6 Å². The number of nitrogens with one attached hydrogen (secondary N) is 1. The van der Waals surface area contributed by atoms with Crippen molar-refractivity contribution in [2.45, 2.75) is 26.2 Å². The molecule has 0 atom stereocenters. The number of fused-ring (bicyclic) bond motifs is 1. The van der Waals surface area contributed by atoms with Gasteiger partial charge in [0.1, 0.15) is 5.82 Å². The number of benzene rings is 2. The quantitative estimate of drug-likeness (QED) is 0.350. The van der Waals surface area contributed by atoms with Crippen molar-refractivity contribution < 1.29 is 18.5 Å². The van der Waals surface area contributed by atoms with Crippen LogP contribution in [0.5, 0.6) is 0 Å². The zero-order chi connectivity index (χ0) is 24.0. The Labute approximate surface area is 191 Å². The van der Waals surface area contributed by atoms with Crippen molar-refractivity contribution in [1.29, 1.82) is 0 Å². The summed E-state index contributed by atoms with van der Waals surface area (Å²) in [5.41, 5.74) is 3.19. The molecule has 0 radical (unpaired) electrons. The fourth-order valence-corrected chi connectivity index (χ4v) is 4.13. The standard InChI is InChI=1S/C23H18F2N6O3/c1-13-11-21(30(27-13)14-5-7-15(8-6-14)31(33)34)26-23(32)22-17-3-2-4-20(17)29(28-22)16-9-10-18(24)19(25)12-16/h5-12H,2-4H2,1H3,(H,26,32). The highest BCUT2D eigenvalue weighted by Gasteiger charge is 2.28. The second-order valence-electron chi connectivity index (χ2n) is 7.95. The molecular weight excluding hydrogens is 446 g/mol. The van der Waals surface area contributed by atoms with Gasteiger partial charge in [-0.15, -0.1) is 0 Å². The molecule has 0 bridgehead atoms. The predicted molar refractivity (Wildman–Crippen MR) is 118 cm³/mol. The minimum Gasteiger partial charge on any atom is -0.305 e. The first-order chi connectivity index (χ1) is 16.3. The number of carbonyl (C=O) groups is 1. The Morgan fingerprint density at radius 3 is 2.44 bits per heavy atom. The van der Waals surface area contributed by atoms with Gasteiger partial charge >= 0.3 is 0 Å². The number of carbonyl (C=O) groups excluding carboxylic acids is 1. The van der Waals surface area contributed by atoms with Gasteiger partial charge in [-0.2, -0.15) is 10.2 Å². The Morgan fingerprint density at radius 1 is 1.00 bits per heavy atom. The van der Waals surface area contributed by atoms with E-state index in [0.717, 1.165) is 29.8 Å². The number of nitro benzene ring substituents is 1. The van der Waals surface area contributed by atoms with Crippen LogP contribution >= 0.6 is 0 Å². The fraction of sp³-hybridized carbons (Fsp3) is 0.174. The summed E-state index contributed by atoms with van der Waals surface area (Å²) < 4.78 is 30.2. The van der Waals surface area contributed by atoms with Crippen LogP contribution in [-0.2, 0) is 12.8 Å². The van der Waals surface area contributed by atoms with E-state index in [4.69, 9.17) is 0 Å². The Hall–Kier alpha value is -4.41. The second-order valence-corrected chi connectivity index (χ2v) is 7.95. The SMILES string of the molecule is Cc1cc(NC(=O)c2nn(-c3ccc(F)c(F)c3)c3c2CCC3)n(-c2ccc([N+](=O)[O-])cc2)n1. The van der Waals surface area contributed by atoms with Crippen LogP contribution in [-0.4, -0.2) is 30.4 Å². The highest BCUT2D eigenvalue weighted by Crippen LogP contribution is 2.29. The lowest BCUT2D eigenvalue weighted by atomic mass is 10.2. The maximum atomic E-state index is 13.8. The lowest BCUT2D eigenvalue weighted by Gasteiger charge is -2.09. The summed E-state index contributed by atoms with van der Waals surface area (Å²) in [6, 6.07) is 11.0. The Kier molecular flexibility index (Phi) is 5.16. The lowest BCUT2D eigenvalue weighted by Crippen LogP contribution is -2.17. The average Bonchev–Trinajstić information content (AvgIpc) is 3.51. The van der Waals surface area contributed by atoms with Gasteiger partial charge in [-0.25, -0.2) is 18.1 Å². The van der Waals surface area contributed by atoms with Crippen molar-refractivity contribution in [2.75, 3.05) is 5.32 Å². The molecule has 1 amide bonds. The molecular formula is C23H18F2N6O3. The van der Waals surface area contributed by atoms with Gasteiger partial charge < -0.3 is 5.32 Å². The molecule has 0 unspecified atom stereocenters. The van der Waals surface area contributed by atoms with Crippen LogP contribution in [0.3, 0.4) is 0 Å². The third-order valence-electron chi connectivity index (χ3n) is 5.67. The minimum absolute atomic E-state index is 0.0588. The van der Waals surface area contributed by atoms with Crippen molar-refractivity contribution in [2.24, 2.45) is 0 Å². The molecule has 172 valence electrons. The number of hydrogen-bond donors (Lipinski definition) is 1. The number of rotatable bonds is 5. The van der Waals surface area contributed by atoms with Gasteiger partial charge in [0.05, 0.1) is 22.0 Å². The molecule has 0 saturated heterocycles. The summed E-state index contributed by atoms with van der Waals surface area (Å²) in [5.74, 6) is -2.05. The molecule has 0 aliphatic heterocycles. The first kappa shape index (κ1) is 21.4. The zero-order valence-electron chi connectivity index (χ0n) is 18.0. The topological polar surface area (TPSA) is 108 Å². The van der Waals surface area contributed by atoms with Crippen LogP contribution in [0.2, 0.25) is 0 Å². The van der Waals surface area contributed by atoms with Gasteiger partial charge in [0.2, 0.25) is 0 Å². The average molecular weight is 464 g/mol. The summed E-state index contributed by atoms with van der Waals surface area (Å²) in [4.78, 5) is 23.7. The molecule has 1 aliphatic rings. The summed E-state index contributed by atoms with van der Waals surface area (Å²) in [7, 11) is 0. The molecule has 2 heterocycles. The van der Waals surface area contributed by atoms with Gasteiger partial charge in [0.15, 0.2) is 17.3 Å². The molecule has 0 spiro atoms. The van der Waals surface area contributed by atoms with E-state index in [0.29, 0.717) is 35.7 Å². The molecule has 34 heavy (non-hydrogen) atoms. The van der Waals surface area contributed by atoms with Crippen molar-refractivity contribution in [3.8, 4) is 11.4 Å². The monoisotopic (exact) mass is 464 g/mol. The second kappa shape index (κ2) is 8.18. The molecule has 0 saturated carbocycles. The summed E-state index contributed by atoms with van der Waals surface area (Å²) in [6.45, 7) is 1.76. The number of aromatic nitrogens is 4. The van der Waals surface area contributed by atoms with E-state index < -0.39 is 22.5 Å². The highest BCUT2D eigenvalue weighted by atomic mass is 19.2. The van der Waals surface area contributed by atoms with E-state index in [1.807, 2.05) is 0 Å². The molecule has 1 N–H and O–H groups in total. The van der Waals surface area contributed by atoms with E-state index in [2.05, 4.69) is 15.5 Å². The number of halogens is 2. The van der Waals surface area contributed by atoms with Gasteiger partial charge in [0, 0.05) is 35.5 Å². The third kappa shape index (κ3) is 3.70. The van der Waals surface area contributed by atoms with E-state index in [-0.39, 0.29) is 11.4 Å². The molecule has 0 fully saturated rings. The van der Waals surface area contributed by atoms with E-state index >= 15 is 0 Å². The predicted octanol–water partition coefficient (Wildman–Crippen LogP) is 4.29. The van der Waals surface area contributed by atoms with Crippen LogP contribution in [0.15, 0.2) is 48.5 Å². The Bertz CT molecular complexity index is 1440. The smallest absolute Gasteiger partial charge is 0.277 e. The number of nitro groups is 1. The third-order valence-corrected chi connectivity index (χ3v) is 5.67. The van der Waals surface area contributed by atoms with E-state index in [1.54, 1.807) is 13.0 Å². The number of hydrogen-bond acceptors (Lipinski definition) is 5.